The second-order valence-electron chi connectivity index (χ2n) is 11.2. The lowest BCUT2D eigenvalue weighted by molar-refractivity contribution is -0.138. The zero-order valence-electron chi connectivity index (χ0n) is 22.7. The van der Waals surface area contributed by atoms with Gasteiger partial charge < -0.3 is 9.84 Å². The SMILES string of the molecule is CCc1ccc(N2C(=O)[C@H]3[C@H](CC=C4[C@H]3C[C@@]3(Cl)C(=O)N(C)C(=O)[C@@]3(Cl)[C@H]4c3ccc(OCCO)cc3)C2=O)cc1. The van der Waals surface area contributed by atoms with Crippen LogP contribution in [0.25, 0.3) is 0 Å². The number of ether oxygens (including phenoxy) is 1. The Balaban J connectivity index is 1.45. The maximum Gasteiger partial charge on any atom is 0.253 e. The summed E-state index contributed by atoms with van der Waals surface area (Å²) < 4.78 is 5.50. The fourth-order valence-corrected chi connectivity index (χ4v) is 8.19. The van der Waals surface area contributed by atoms with Crippen LogP contribution in [0, 0.1) is 17.8 Å². The van der Waals surface area contributed by atoms with Crippen LogP contribution in [0.2, 0.25) is 0 Å². The van der Waals surface area contributed by atoms with Crippen LogP contribution in [0.15, 0.2) is 60.2 Å². The number of hydrogen-bond donors (Lipinski definition) is 1. The Hall–Kier alpha value is -3.20. The predicted octanol–water partition coefficient (Wildman–Crippen LogP) is 3.81. The lowest BCUT2D eigenvalue weighted by atomic mass is 9.56. The third-order valence-electron chi connectivity index (χ3n) is 9.19. The molecule has 1 N–H and O–H groups in total. The number of allylic oxidation sites excluding steroid dienone is 2. The quantitative estimate of drug-likeness (QED) is 0.309. The van der Waals surface area contributed by atoms with Crippen molar-refractivity contribution in [3.05, 3.63) is 71.3 Å². The van der Waals surface area contributed by atoms with Gasteiger partial charge in [0.25, 0.3) is 11.8 Å². The molecule has 0 bridgehead atoms. The van der Waals surface area contributed by atoms with Crippen LogP contribution in [0.4, 0.5) is 5.69 Å². The Bertz CT molecular complexity index is 1470. The Morgan fingerprint density at radius 2 is 1.63 bits per heavy atom. The van der Waals surface area contributed by atoms with Crippen molar-refractivity contribution in [3.8, 4) is 5.75 Å². The number of carbonyl (C=O) groups is 4. The molecule has 2 aromatic rings. The summed E-state index contributed by atoms with van der Waals surface area (Å²) in [5.41, 5.74) is 2.98. The first kappa shape index (κ1) is 27.9. The van der Waals surface area contributed by atoms with Crippen molar-refractivity contribution in [3.63, 3.8) is 0 Å². The second-order valence-corrected chi connectivity index (χ2v) is 12.4. The van der Waals surface area contributed by atoms with Crippen molar-refractivity contribution in [2.75, 3.05) is 25.2 Å². The minimum Gasteiger partial charge on any atom is -0.491 e. The summed E-state index contributed by atoms with van der Waals surface area (Å²) in [6.45, 7) is 2.01. The molecule has 1 saturated carbocycles. The van der Waals surface area contributed by atoms with E-state index in [9.17, 15) is 19.2 Å². The number of likely N-dealkylation sites (tertiary alicyclic amines) is 1. The minimum atomic E-state index is -1.83. The Kier molecular flexibility index (Phi) is 6.79. The summed E-state index contributed by atoms with van der Waals surface area (Å²) in [6, 6.07) is 14.3. The largest absolute Gasteiger partial charge is 0.491 e. The highest BCUT2D eigenvalue weighted by atomic mass is 35.5. The van der Waals surface area contributed by atoms with Crippen molar-refractivity contribution in [1.82, 2.24) is 4.90 Å². The smallest absolute Gasteiger partial charge is 0.253 e. The van der Waals surface area contributed by atoms with Gasteiger partial charge in [0.05, 0.1) is 24.1 Å². The summed E-state index contributed by atoms with van der Waals surface area (Å²) in [5.74, 6) is -4.06. The molecule has 6 atom stereocenters. The summed E-state index contributed by atoms with van der Waals surface area (Å²) in [5, 5.41) is 9.10. The first-order valence-corrected chi connectivity index (χ1v) is 14.5. The first-order chi connectivity index (χ1) is 19.6. The molecule has 0 unspecified atom stereocenters. The van der Waals surface area contributed by atoms with Crippen LogP contribution in [0.1, 0.15) is 36.8 Å². The van der Waals surface area contributed by atoms with Gasteiger partial charge in [0.1, 0.15) is 12.4 Å². The zero-order chi connectivity index (χ0) is 29.3. The Morgan fingerprint density at radius 1 is 0.951 bits per heavy atom. The molecule has 2 aromatic carbocycles. The number of aliphatic hydroxyl groups excluding tert-OH is 1. The van der Waals surface area contributed by atoms with Crippen LogP contribution in [0.5, 0.6) is 5.75 Å². The number of imide groups is 2. The summed E-state index contributed by atoms with van der Waals surface area (Å²) in [7, 11) is 1.37. The van der Waals surface area contributed by atoms with E-state index in [4.69, 9.17) is 33.0 Å². The number of carbonyl (C=O) groups excluding carboxylic acids is 4. The van der Waals surface area contributed by atoms with Crippen LogP contribution >= 0.6 is 23.2 Å². The molecule has 41 heavy (non-hydrogen) atoms. The third kappa shape index (κ3) is 3.84. The summed E-state index contributed by atoms with van der Waals surface area (Å²) >= 11 is 14.4. The molecule has 4 amide bonds. The van der Waals surface area contributed by atoms with E-state index >= 15 is 0 Å². The van der Waals surface area contributed by atoms with Gasteiger partial charge in [0, 0.05) is 13.0 Å². The number of halogens is 2. The van der Waals surface area contributed by atoms with Crippen LogP contribution in [-0.2, 0) is 25.6 Å². The number of fused-ring (bicyclic) bond motifs is 4. The van der Waals surface area contributed by atoms with Gasteiger partial charge in [-0.3, -0.25) is 29.0 Å². The molecule has 6 rings (SSSR count). The van der Waals surface area contributed by atoms with E-state index in [0.29, 0.717) is 23.4 Å². The highest BCUT2D eigenvalue weighted by Crippen LogP contribution is 2.65. The number of alkyl halides is 2. The molecule has 4 aliphatic rings. The summed E-state index contributed by atoms with van der Waals surface area (Å²) in [6.07, 6.45) is 3.00. The zero-order valence-corrected chi connectivity index (χ0v) is 24.2. The fraction of sp³-hybridized carbons (Fsp3) is 0.419. The topological polar surface area (TPSA) is 104 Å². The highest BCUT2D eigenvalue weighted by molar-refractivity contribution is 6.53. The molecule has 214 valence electrons. The average Bonchev–Trinajstić information content (AvgIpc) is 3.31. The van der Waals surface area contributed by atoms with Crippen LogP contribution < -0.4 is 9.64 Å². The van der Waals surface area contributed by atoms with Crippen molar-refractivity contribution >= 4 is 52.5 Å². The Labute approximate surface area is 247 Å². The van der Waals surface area contributed by atoms with Gasteiger partial charge >= 0.3 is 0 Å². The molecular formula is C31H30Cl2N2O6. The molecule has 3 fully saturated rings. The number of hydrogen-bond acceptors (Lipinski definition) is 6. The van der Waals surface area contributed by atoms with E-state index in [2.05, 4.69) is 0 Å². The maximum absolute atomic E-state index is 14.0. The molecule has 0 spiro atoms. The fourth-order valence-electron chi connectivity index (χ4n) is 7.17. The molecular weight excluding hydrogens is 567 g/mol. The van der Waals surface area contributed by atoms with Crippen molar-refractivity contribution < 1.29 is 29.0 Å². The van der Waals surface area contributed by atoms with Gasteiger partial charge in [-0.25, -0.2) is 0 Å². The first-order valence-electron chi connectivity index (χ1n) is 13.8. The van der Waals surface area contributed by atoms with Gasteiger partial charge in [0.2, 0.25) is 11.8 Å². The molecule has 8 nitrogen and oxygen atoms in total. The van der Waals surface area contributed by atoms with Gasteiger partial charge in [-0.05, 0) is 60.6 Å². The number of nitrogens with zero attached hydrogens (tertiary/aromatic N) is 2. The van der Waals surface area contributed by atoms with Crippen LogP contribution in [-0.4, -0.2) is 63.6 Å². The van der Waals surface area contributed by atoms with E-state index in [0.717, 1.165) is 22.5 Å². The molecule has 10 heteroatoms. The molecule has 2 aliphatic carbocycles. The minimum absolute atomic E-state index is 0.0458. The normalized spacial score (nSPS) is 32.6. The van der Waals surface area contributed by atoms with Gasteiger partial charge in [-0.1, -0.05) is 42.8 Å². The van der Waals surface area contributed by atoms with Gasteiger partial charge in [-0.15, -0.1) is 23.2 Å². The average molecular weight is 597 g/mol. The monoisotopic (exact) mass is 596 g/mol. The van der Waals surface area contributed by atoms with E-state index in [1.807, 2.05) is 25.1 Å². The molecule has 2 heterocycles. The predicted molar refractivity (Wildman–Crippen MR) is 153 cm³/mol. The van der Waals surface area contributed by atoms with Gasteiger partial charge in [-0.2, -0.15) is 0 Å². The number of anilines is 1. The number of aryl methyl sites for hydroxylation is 1. The third-order valence-corrected chi connectivity index (χ3v) is 10.6. The summed E-state index contributed by atoms with van der Waals surface area (Å²) in [4.78, 5) is 53.5. The lowest BCUT2D eigenvalue weighted by Crippen LogP contribution is -2.60. The maximum atomic E-state index is 14.0. The standard InChI is InChI=1S/C31H30Cl2N2O6/c1-3-17-4-8-19(9-5-17)35-26(37)22-13-12-21-23(24(22)27(35)38)16-30(32)28(39)34(2)29(40)31(30,33)25(21)18-6-10-20(11-7-18)41-15-14-36/h4-12,22-25,36H,3,13-16H2,1-2H3/t22-,23+,24-,25-,30+,31-/m0/s1. The Morgan fingerprint density at radius 3 is 2.27 bits per heavy atom. The number of rotatable bonds is 6. The van der Waals surface area contributed by atoms with Gasteiger partial charge in [0.15, 0.2) is 9.75 Å². The number of benzene rings is 2. The molecule has 2 aliphatic heterocycles. The van der Waals surface area contributed by atoms with E-state index in [1.165, 1.54) is 11.9 Å². The van der Waals surface area contributed by atoms with Crippen molar-refractivity contribution in [2.45, 2.75) is 41.9 Å². The van der Waals surface area contributed by atoms with Crippen molar-refractivity contribution in [2.24, 2.45) is 17.8 Å². The van der Waals surface area contributed by atoms with Crippen molar-refractivity contribution in [1.29, 1.82) is 0 Å². The van der Waals surface area contributed by atoms with E-state index in [-0.39, 0.29) is 31.4 Å². The lowest BCUT2D eigenvalue weighted by Gasteiger charge is -2.50. The number of aliphatic hydroxyl groups is 1. The molecule has 0 aromatic heterocycles. The van der Waals surface area contributed by atoms with E-state index in [1.54, 1.807) is 36.4 Å². The molecule has 0 radical (unpaired) electrons. The second kappa shape index (κ2) is 9.96. The number of amides is 4. The molecule has 2 saturated heterocycles. The van der Waals surface area contributed by atoms with Crippen LogP contribution in [0.3, 0.4) is 0 Å². The highest BCUT2D eigenvalue weighted by Gasteiger charge is 2.75. The van der Waals surface area contributed by atoms with E-state index < -0.39 is 45.2 Å².